The first-order chi connectivity index (χ1) is 9.15. The van der Waals surface area contributed by atoms with Crippen molar-refractivity contribution in [2.24, 2.45) is 5.10 Å². The Hall–Kier alpha value is -2.48. The summed E-state index contributed by atoms with van der Waals surface area (Å²) in [7, 11) is 2.90. The lowest BCUT2D eigenvalue weighted by atomic mass is 10.2. The number of benzene rings is 1. The lowest BCUT2D eigenvalue weighted by Crippen LogP contribution is -2.05. The minimum atomic E-state index is -0.642. The Morgan fingerprint density at radius 3 is 2.47 bits per heavy atom. The van der Waals surface area contributed by atoms with Crippen LogP contribution in [-0.4, -0.2) is 19.9 Å². The predicted octanol–water partition coefficient (Wildman–Crippen LogP) is 1.93. The molecule has 0 atom stereocenters. The van der Waals surface area contributed by atoms with E-state index < -0.39 is 17.8 Å². The molecule has 0 amide bonds. The van der Waals surface area contributed by atoms with Crippen LogP contribution in [0.1, 0.15) is 11.9 Å². The van der Waals surface area contributed by atoms with Crippen LogP contribution < -0.4 is 5.43 Å². The summed E-state index contributed by atoms with van der Waals surface area (Å²) in [4.78, 5) is 0. The average molecular weight is 262 g/mol. The minimum Gasteiger partial charge on any atom is -0.352 e. The van der Waals surface area contributed by atoms with E-state index in [1.165, 1.54) is 32.4 Å². The highest BCUT2D eigenvalue weighted by Gasteiger charge is 2.12. The lowest BCUT2D eigenvalue weighted by Gasteiger charge is -2.14. The van der Waals surface area contributed by atoms with Crippen LogP contribution in [0.25, 0.3) is 0 Å². The summed E-state index contributed by atoms with van der Waals surface area (Å²) in [5, 5.41) is 20.5. The summed E-state index contributed by atoms with van der Waals surface area (Å²) in [5.41, 5.74) is 2.49. The molecular weight excluding hydrogens is 251 g/mol. The Balaban J connectivity index is 3.02. The third-order valence-corrected chi connectivity index (χ3v) is 2.19. The Labute approximate surface area is 109 Å². The van der Waals surface area contributed by atoms with Crippen molar-refractivity contribution in [2.45, 2.75) is 6.29 Å². The van der Waals surface area contributed by atoms with Crippen LogP contribution in [0.4, 0.5) is 10.1 Å². The number of nitrogens with one attached hydrogen (secondary N) is 1. The molecule has 0 spiro atoms. The van der Waals surface area contributed by atoms with Crippen LogP contribution in [0.2, 0.25) is 0 Å². The van der Waals surface area contributed by atoms with Gasteiger partial charge in [0.1, 0.15) is 18.0 Å². The van der Waals surface area contributed by atoms with Crippen LogP contribution in [0.3, 0.4) is 0 Å². The monoisotopic (exact) mass is 262 g/mol. The molecule has 7 heteroatoms. The van der Waals surface area contributed by atoms with Crippen molar-refractivity contribution in [3.63, 3.8) is 0 Å². The second-order valence-corrected chi connectivity index (χ2v) is 3.34. The summed E-state index contributed by atoms with van der Waals surface area (Å²) in [6.07, 6.45) is -0.642. The number of ether oxygens (including phenoxy) is 2. The zero-order valence-electron chi connectivity index (χ0n) is 10.3. The highest BCUT2D eigenvalue weighted by atomic mass is 19.1. The molecule has 1 N–H and O–H groups in total. The van der Waals surface area contributed by atoms with Crippen LogP contribution in [0, 0.1) is 28.5 Å². The molecule has 0 radical (unpaired) electrons. The topological polar surface area (TPSA) is 90.4 Å². The standard InChI is InChI=1S/C12H11FN4O2/c1-18-12(19-2)8-3-4-10(13)11(5-8)17-16-9(6-14)7-15/h3-5,12,17H,1-2H3. The molecule has 98 valence electrons. The van der Waals surface area contributed by atoms with E-state index in [9.17, 15) is 4.39 Å². The molecule has 1 aromatic rings. The molecule has 0 aliphatic carbocycles. The molecule has 0 saturated heterocycles. The molecule has 6 nitrogen and oxygen atoms in total. The number of hydrazone groups is 1. The first kappa shape index (κ1) is 14.6. The van der Waals surface area contributed by atoms with Crippen molar-refractivity contribution in [3.05, 3.63) is 29.6 Å². The van der Waals surface area contributed by atoms with Crippen molar-refractivity contribution in [2.75, 3.05) is 19.6 Å². The van der Waals surface area contributed by atoms with Gasteiger partial charge in [0.05, 0.1) is 5.69 Å². The first-order valence-corrected chi connectivity index (χ1v) is 5.15. The third kappa shape index (κ3) is 3.75. The number of hydrogen-bond donors (Lipinski definition) is 1. The van der Waals surface area contributed by atoms with Gasteiger partial charge in [-0.25, -0.2) is 4.39 Å². The van der Waals surface area contributed by atoms with E-state index in [2.05, 4.69) is 10.5 Å². The van der Waals surface area contributed by atoms with Gasteiger partial charge in [0.2, 0.25) is 5.71 Å². The van der Waals surface area contributed by atoms with Crippen molar-refractivity contribution in [1.82, 2.24) is 0 Å². The van der Waals surface area contributed by atoms with E-state index in [0.29, 0.717) is 5.56 Å². The second kappa shape index (κ2) is 7.07. The highest BCUT2D eigenvalue weighted by molar-refractivity contribution is 6.10. The number of rotatable bonds is 5. The van der Waals surface area contributed by atoms with Gasteiger partial charge in [0.25, 0.3) is 0 Å². The molecule has 0 aromatic heterocycles. The Morgan fingerprint density at radius 1 is 1.32 bits per heavy atom. The normalized spacial score (nSPS) is 9.58. The van der Waals surface area contributed by atoms with E-state index >= 15 is 0 Å². The number of hydrogen-bond acceptors (Lipinski definition) is 6. The van der Waals surface area contributed by atoms with Gasteiger partial charge in [-0.1, -0.05) is 6.07 Å². The number of anilines is 1. The molecule has 0 unspecified atom stereocenters. The fourth-order valence-corrected chi connectivity index (χ4v) is 1.33. The maximum absolute atomic E-state index is 13.5. The molecule has 1 rings (SSSR count). The summed E-state index contributed by atoms with van der Waals surface area (Å²) in [6.45, 7) is 0. The molecule has 0 fully saturated rings. The second-order valence-electron chi connectivity index (χ2n) is 3.34. The van der Waals surface area contributed by atoms with E-state index in [0.717, 1.165) is 0 Å². The molecule has 0 aliphatic heterocycles. The molecule has 0 heterocycles. The van der Waals surface area contributed by atoms with Gasteiger partial charge in [-0.2, -0.15) is 15.6 Å². The molecule has 0 saturated carbocycles. The minimum absolute atomic E-state index is 0.0135. The zero-order valence-corrected chi connectivity index (χ0v) is 10.3. The van der Waals surface area contributed by atoms with Crippen LogP contribution in [0.15, 0.2) is 23.3 Å². The molecule has 0 bridgehead atoms. The van der Waals surface area contributed by atoms with Crippen molar-refractivity contribution < 1.29 is 13.9 Å². The number of nitriles is 2. The van der Waals surface area contributed by atoms with Gasteiger partial charge in [-0.3, -0.25) is 5.43 Å². The maximum atomic E-state index is 13.5. The van der Waals surface area contributed by atoms with Gasteiger partial charge < -0.3 is 9.47 Å². The largest absolute Gasteiger partial charge is 0.352 e. The first-order valence-electron chi connectivity index (χ1n) is 5.15. The number of halogens is 1. The third-order valence-electron chi connectivity index (χ3n) is 2.19. The van der Waals surface area contributed by atoms with Crippen LogP contribution >= 0.6 is 0 Å². The Morgan fingerprint density at radius 2 is 1.95 bits per heavy atom. The predicted molar refractivity (Wildman–Crippen MR) is 65.4 cm³/mol. The molecular formula is C12H11FN4O2. The lowest BCUT2D eigenvalue weighted by molar-refractivity contribution is -0.106. The molecule has 19 heavy (non-hydrogen) atoms. The maximum Gasteiger partial charge on any atom is 0.237 e. The number of methoxy groups -OCH3 is 2. The summed E-state index contributed by atoms with van der Waals surface area (Å²) in [6, 6.07) is 7.23. The van der Waals surface area contributed by atoms with E-state index in [4.69, 9.17) is 20.0 Å². The fourth-order valence-electron chi connectivity index (χ4n) is 1.33. The van der Waals surface area contributed by atoms with E-state index in [1.807, 2.05) is 0 Å². The smallest absolute Gasteiger partial charge is 0.237 e. The van der Waals surface area contributed by atoms with Gasteiger partial charge in [0.15, 0.2) is 6.29 Å². The van der Waals surface area contributed by atoms with Crippen molar-refractivity contribution in [1.29, 1.82) is 10.5 Å². The van der Waals surface area contributed by atoms with E-state index in [1.54, 1.807) is 12.1 Å². The van der Waals surface area contributed by atoms with Gasteiger partial charge in [-0.15, -0.1) is 0 Å². The van der Waals surface area contributed by atoms with Crippen molar-refractivity contribution >= 4 is 11.4 Å². The average Bonchev–Trinajstić information content (AvgIpc) is 2.44. The Bertz CT molecular complexity index is 540. The quantitative estimate of drug-likeness (QED) is 0.497. The summed E-state index contributed by atoms with van der Waals surface area (Å²) < 4.78 is 23.6. The summed E-state index contributed by atoms with van der Waals surface area (Å²) >= 11 is 0. The zero-order chi connectivity index (χ0) is 14.3. The highest BCUT2D eigenvalue weighted by Crippen LogP contribution is 2.23. The molecule has 1 aromatic carbocycles. The Kier molecular flexibility index (Phi) is 5.42. The van der Waals surface area contributed by atoms with Gasteiger partial charge >= 0.3 is 0 Å². The van der Waals surface area contributed by atoms with Crippen LogP contribution in [0.5, 0.6) is 0 Å². The summed E-state index contributed by atoms with van der Waals surface area (Å²) in [5.74, 6) is -0.575. The van der Waals surface area contributed by atoms with E-state index in [-0.39, 0.29) is 5.69 Å². The van der Waals surface area contributed by atoms with Crippen molar-refractivity contribution in [3.8, 4) is 12.1 Å². The fraction of sp³-hybridized carbons (Fsp3) is 0.250. The number of nitrogens with zero attached hydrogens (tertiary/aromatic N) is 3. The van der Waals surface area contributed by atoms with Gasteiger partial charge in [0, 0.05) is 19.8 Å². The van der Waals surface area contributed by atoms with Crippen LogP contribution in [-0.2, 0) is 9.47 Å². The van der Waals surface area contributed by atoms with Gasteiger partial charge in [-0.05, 0) is 12.1 Å². The molecule has 0 aliphatic rings. The SMILES string of the molecule is COC(OC)c1ccc(F)c(NN=C(C#N)C#N)c1.